The molecule has 0 aromatic heterocycles. The molecule has 0 heterocycles. The fraction of sp³-hybridized carbons (Fsp3) is 0.278. The number of benzene rings is 2. The third-order valence-corrected chi connectivity index (χ3v) is 4.19. The van der Waals surface area contributed by atoms with Gasteiger partial charge in [-0.2, -0.15) is 0 Å². The molecule has 2 rings (SSSR count). The summed E-state index contributed by atoms with van der Waals surface area (Å²) in [6.07, 6.45) is 1.73. The highest BCUT2D eigenvalue weighted by Gasteiger charge is 2.02. The first-order valence-corrected chi connectivity index (χ1v) is 8.42. The predicted octanol–water partition coefficient (Wildman–Crippen LogP) is 4.29. The minimum absolute atomic E-state index is 0.311. The number of halogens is 2. The first-order valence-electron chi connectivity index (χ1n) is 7.67. The number of hydrogen-bond acceptors (Lipinski definition) is 3. The number of ether oxygens (including phenoxy) is 1. The molecule has 0 aliphatic heterocycles. The molecule has 0 radical (unpaired) electrons. The maximum absolute atomic E-state index is 10.8. The highest BCUT2D eigenvalue weighted by Crippen LogP contribution is 2.26. The van der Waals surface area contributed by atoms with E-state index in [1.54, 1.807) is 30.3 Å². The second-order valence-electron chi connectivity index (χ2n) is 5.28. The van der Waals surface area contributed by atoms with Crippen LogP contribution in [-0.2, 0) is 6.42 Å². The largest absolute Gasteiger partial charge is 0.493 e. The zero-order valence-corrected chi connectivity index (χ0v) is 14.6. The van der Waals surface area contributed by atoms with Gasteiger partial charge in [0.15, 0.2) is 0 Å². The van der Waals surface area contributed by atoms with Crippen LogP contribution in [0.1, 0.15) is 22.3 Å². The van der Waals surface area contributed by atoms with Crippen LogP contribution in [0.3, 0.4) is 0 Å². The molecular weight excluding hydrogens is 349 g/mol. The van der Waals surface area contributed by atoms with Gasteiger partial charge >= 0.3 is 5.97 Å². The minimum Gasteiger partial charge on any atom is -0.493 e. The molecule has 0 bridgehead atoms. The Balaban J connectivity index is 1.58. The third-order valence-electron chi connectivity index (χ3n) is 3.45. The van der Waals surface area contributed by atoms with Crippen LogP contribution in [0.25, 0.3) is 0 Å². The van der Waals surface area contributed by atoms with Gasteiger partial charge in [0.25, 0.3) is 0 Å². The molecule has 4 nitrogen and oxygen atoms in total. The van der Waals surface area contributed by atoms with Crippen LogP contribution < -0.4 is 10.1 Å². The molecule has 128 valence electrons. The van der Waals surface area contributed by atoms with Gasteiger partial charge in [-0.15, -0.1) is 0 Å². The lowest BCUT2D eigenvalue weighted by Gasteiger charge is -2.08. The Labute approximate surface area is 151 Å². The van der Waals surface area contributed by atoms with E-state index in [1.165, 1.54) is 0 Å². The standard InChI is InChI=1S/C18H19Cl2NO3/c19-16-7-6-15(12-17(16)20)24-11-1-9-21-10-8-13-2-4-14(5-3-13)18(22)23/h2-7,12,21H,1,8-11H2,(H,22,23). The highest BCUT2D eigenvalue weighted by atomic mass is 35.5. The van der Waals surface area contributed by atoms with Gasteiger partial charge in [0.1, 0.15) is 5.75 Å². The van der Waals surface area contributed by atoms with Gasteiger partial charge in [0.05, 0.1) is 22.2 Å². The summed E-state index contributed by atoms with van der Waals surface area (Å²) in [5, 5.41) is 13.2. The molecule has 0 aliphatic rings. The normalized spacial score (nSPS) is 10.6. The van der Waals surface area contributed by atoms with Gasteiger partial charge in [-0.25, -0.2) is 4.79 Å². The van der Waals surface area contributed by atoms with E-state index in [-0.39, 0.29) is 0 Å². The van der Waals surface area contributed by atoms with Crippen molar-refractivity contribution in [2.45, 2.75) is 12.8 Å². The number of carboxylic acids is 1. The molecule has 0 spiro atoms. The molecule has 2 aromatic rings. The number of nitrogens with one attached hydrogen (secondary N) is 1. The van der Waals surface area contributed by atoms with E-state index in [9.17, 15) is 4.79 Å². The Morgan fingerprint density at radius 3 is 2.46 bits per heavy atom. The van der Waals surface area contributed by atoms with Crippen LogP contribution in [0.15, 0.2) is 42.5 Å². The molecule has 0 aliphatic carbocycles. The van der Waals surface area contributed by atoms with E-state index < -0.39 is 5.97 Å². The van der Waals surface area contributed by atoms with Crippen molar-refractivity contribution in [1.82, 2.24) is 5.32 Å². The van der Waals surface area contributed by atoms with Gasteiger partial charge in [-0.05, 0) is 55.8 Å². The van der Waals surface area contributed by atoms with Crippen LogP contribution in [0.5, 0.6) is 5.75 Å². The molecular formula is C18H19Cl2NO3. The van der Waals surface area contributed by atoms with E-state index in [1.807, 2.05) is 12.1 Å². The van der Waals surface area contributed by atoms with Crippen molar-refractivity contribution in [1.29, 1.82) is 0 Å². The quantitative estimate of drug-likeness (QED) is 0.649. The van der Waals surface area contributed by atoms with Crippen LogP contribution >= 0.6 is 23.2 Å². The van der Waals surface area contributed by atoms with Crippen molar-refractivity contribution in [3.63, 3.8) is 0 Å². The fourth-order valence-electron chi connectivity index (χ4n) is 2.13. The van der Waals surface area contributed by atoms with Crippen LogP contribution in [0.4, 0.5) is 0 Å². The summed E-state index contributed by atoms with van der Waals surface area (Å²) in [7, 11) is 0. The first kappa shape index (κ1) is 18.6. The zero-order chi connectivity index (χ0) is 17.4. The van der Waals surface area contributed by atoms with Crippen molar-refractivity contribution < 1.29 is 14.6 Å². The van der Waals surface area contributed by atoms with E-state index in [0.29, 0.717) is 28.0 Å². The molecule has 2 aromatic carbocycles. The monoisotopic (exact) mass is 367 g/mol. The molecule has 2 N–H and O–H groups in total. The van der Waals surface area contributed by atoms with Crippen molar-refractivity contribution in [2.75, 3.05) is 19.7 Å². The number of aromatic carboxylic acids is 1. The minimum atomic E-state index is -0.901. The Bertz CT molecular complexity index is 674. The van der Waals surface area contributed by atoms with Gasteiger partial charge in [0.2, 0.25) is 0 Å². The van der Waals surface area contributed by atoms with Gasteiger partial charge < -0.3 is 15.2 Å². The Morgan fingerprint density at radius 1 is 1.04 bits per heavy atom. The zero-order valence-electron chi connectivity index (χ0n) is 13.1. The summed E-state index contributed by atoms with van der Waals surface area (Å²) < 4.78 is 5.60. The number of rotatable bonds is 9. The number of carboxylic acid groups (broad SMARTS) is 1. The SMILES string of the molecule is O=C(O)c1ccc(CCNCCCOc2ccc(Cl)c(Cl)c2)cc1. The average molecular weight is 368 g/mol. The molecule has 24 heavy (non-hydrogen) atoms. The second kappa shape index (κ2) is 9.52. The van der Waals surface area contributed by atoms with Gasteiger partial charge in [-0.1, -0.05) is 35.3 Å². The Morgan fingerprint density at radius 2 is 1.79 bits per heavy atom. The van der Waals surface area contributed by atoms with Gasteiger partial charge in [-0.3, -0.25) is 0 Å². The molecule has 0 saturated heterocycles. The fourth-order valence-corrected chi connectivity index (χ4v) is 2.41. The van der Waals surface area contributed by atoms with Crippen LogP contribution in [-0.4, -0.2) is 30.8 Å². The second-order valence-corrected chi connectivity index (χ2v) is 6.09. The maximum atomic E-state index is 10.8. The van der Waals surface area contributed by atoms with E-state index in [4.69, 9.17) is 33.0 Å². The Kier molecular flexibility index (Phi) is 7.37. The molecule has 0 saturated carbocycles. The lowest BCUT2D eigenvalue weighted by atomic mass is 10.1. The smallest absolute Gasteiger partial charge is 0.335 e. The summed E-state index contributed by atoms with van der Waals surface area (Å²) in [6, 6.07) is 12.2. The van der Waals surface area contributed by atoms with Crippen molar-refractivity contribution in [3.05, 3.63) is 63.6 Å². The third kappa shape index (κ3) is 6.04. The summed E-state index contributed by atoms with van der Waals surface area (Å²) in [5.41, 5.74) is 1.42. The summed E-state index contributed by atoms with van der Waals surface area (Å²) in [4.78, 5) is 10.8. The summed E-state index contributed by atoms with van der Waals surface area (Å²) >= 11 is 11.8. The highest BCUT2D eigenvalue weighted by molar-refractivity contribution is 6.42. The lowest BCUT2D eigenvalue weighted by molar-refractivity contribution is 0.0697. The number of carbonyl (C=O) groups is 1. The summed E-state index contributed by atoms with van der Waals surface area (Å²) in [5.74, 6) is -0.190. The summed E-state index contributed by atoms with van der Waals surface area (Å²) in [6.45, 7) is 2.27. The molecule has 0 unspecified atom stereocenters. The van der Waals surface area contributed by atoms with Gasteiger partial charge in [0, 0.05) is 6.07 Å². The van der Waals surface area contributed by atoms with E-state index in [2.05, 4.69) is 5.32 Å². The number of hydrogen-bond donors (Lipinski definition) is 2. The maximum Gasteiger partial charge on any atom is 0.335 e. The molecule has 6 heteroatoms. The van der Waals surface area contributed by atoms with Crippen LogP contribution in [0.2, 0.25) is 10.0 Å². The topological polar surface area (TPSA) is 58.6 Å². The van der Waals surface area contributed by atoms with Crippen LogP contribution in [0, 0.1) is 0 Å². The van der Waals surface area contributed by atoms with E-state index in [0.717, 1.165) is 31.5 Å². The molecule has 0 amide bonds. The lowest BCUT2D eigenvalue weighted by Crippen LogP contribution is -2.20. The van der Waals surface area contributed by atoms with E-state index >= 15 is 0 Å². The Hall–Kier alpha value is -1.75. The van der Waals surface area contributed by atoms with Crippen molar-refractivity contribution >= 4 is 29.2 Å². The first-order chi connectivity index (χ1) is 11.6. The average Bonchev–Trinajstić information content (AvgIpc) is 2.57. The predicted molar refractivity (Wildman–Crippen MR) is 96.5 cm³/mol. The van der Waals surface area contributed by atoms with Crippen molar-refractivity contribution in [3.8, 4) is 5.75 Å². The molecule has 0 atom stereocenters. The molecule has 0 fully saturated rings. The van der Waals surface area contributed by atoms with Crippen molar-refractivity contribution in [2.24, 2.45) is 0 Å².